The summed E-state index contributed by atoms with van der Waals surface area (Å²) in [5.74, 6) is -0.434. The van der Waals surface area contributed by atoms with Crippen LogP contribution in [0.1, 0.15) is 27.6 Å². The first kappa shape index (κ1) is 23.1. The Morgan fingerprint density at radius 1 is 1.09 bits per heavy atom. The van der Waals surface area contributed by atoms with Crippen LogP contribution in [0.2, 0.25) is 0 Å². The molecule has 8 heteroatoms. The fraction of sp³-hybridized carbons (Fsp3) is 0.200. The molecule has 1 aromatic heterocycles. The summed E-state index contributed by atoms with van der Waals surface area (Å²) in [6.07, 6.45) is 0. The van der Waals surface area contributed by atoms with Crippen LogP contribution in [0.5, 0.6) is 11.5 Å². The molecule has 1 amide bonds. The van der Waals surface area contributed by atoms with Gasteiger partial charge < -0.3 is 19.5 Å². The first-order valence-electron chi connectivity index (χ1n) is 10.1. The van der Waals surface area contributed by atoms with Gasteiger partial charge in [-0.1, -0.05) is 34.1 Å². The van der Waals surface area contributed by atoms with Gasteiger partial charge in [0.25, 0.3) is 11.7 Å². The summed E-state index contributed by atoms with van der Waals surface area (Å²) in [4.78, 5) is 28.6. The molecule has 1 saturated heterocycles. The number of halogens is 1. The molecule has 1 atom stereocenters. The van der Waals surface area contributed by atoms with Gasteiger partial charge in [-0.25, -0.2) is 0 Å². The molecule has 0 bridgehead atoms. The lowest BCUT2D eigenvalue weighted by Crippen LogP contribution is -2.28. The third-order valence-electron chi connectivity index (χ3n) is 5.58. The van der Waals surface area contributed by atoms with E-state index >= 15 is 0 Å². The standard InChI is InChI=1S/C25H22BrNO5S/c1-14-11-16(7-8-17(14)26)23(28)21-22(20-5-4-10-33-20)27(25(30)24(21)29)13-15-6-9-18(31-2)19(12-15)32-3/h4-12,22,28H,13H2,1-3H3/b23-21-. The Kier molecular flexibility index (Phi) is 6.58. The van der Waals surface area contributed by atoms with Crippen LogP contribution in [0.15, 0.2) is 64.0 Å². The van der Waals surface area contributed by atoms with Crippen molar-refractivity contribution in [1.29, 1.82) is 0 Å². The predicted molar refractivity (Wildman–Crippen MR) is 131 cm³/mol. The van der Waals surface area contributed by atoms with Gasteiger partial charge in [0.1, 0.15) is 5.76 Å². The Morgan fingerprint density at radius 3 is 2.48 bits per heavy atom. The van der Waals surface area contributed by atoms with Crippen LogP contribution in [-0.2, 0) is 16.1 Å². The van der Waals surface area contributed by atoms with Gasteiger partial charge in [0.2, 0.25) is 0 Å². The summed E-state index contributed by atoms with van der Waals surface area (Å²) < 4.78 is 11.6. The monoisotopic (exact) mass is 527 g/mol. The Hall–Kier alpha value is -3.10. The topological polar surface area (TPSA) is 76.1 Å². The smallest absolute Gasteiger partial charge is 0.295 e. The number of thiophene rings is 1. The number of methoxy groups -OCH3 is 2. The van der Waals surface area contributed by atoms with E-state index in [1.54, 1.807) is 38.5 Å². The number of hydrogen-bond donors (Lipinski definition) is 1. The van der Waals surface area contributed by atoms with Gasteiger partial charge >= 0.3 is 0 Å². The number of hydrogen-bond acceptors (Lipinski definition) is 6. The second-order valence-corrected chi connectivity index (χ2v) is 9.43. The predicted octanol–water partition coefficient (Wildman–Crippen LogP) is 5.46. The Labute approximate surface area is 204 Å². The Morgan fingerprint density at radius 2 is 1.85 bits per heavy atom. The minimum Gasteiger partial charge on any atom is -0.507 e. The molecule has 2 heterocycles. The van der Waals surface area contributed by atoms with Crippen molar-refractivity contribution >= 4 is 44.7 Å². The highest BCUT2D eigenvalue weighted by molar-refractivity contribution is 9.10. The van der Waals surface area contributed by atoms with E-state index in [9.17, 15) is 14.7 Å². The first-order chi connectivity index (χ1) is 15.8. The van der Waals surface area contributed by atoms with Crippen molar-refractivity contribution in [3.8, 4) is 11.5 Å². The lowest BCUT2D eigenvalue weighted by Gasteiger charge is -2.24. The van der Waals surface area contributed by atoms with E-state index < -0.39 is 17.7 Å². The molecule has 1 aliphatic rings. The summed E-state index contributed by atoms with van der Waals surface area (Å²) in [6, 6.07) is 13.7. The van der Waals surface area contributed by atoms with E-state index in [4.69, 9.17) is 9.47 Å². The van der Waals surface area contributed by atoms with Crippen LogP contribution >= 0.6 is 27.3 Å². The molecule has 4 rings (SSSR count). The molecule has 1 unspecified atom stereocenters. The fourth-order valence-corrected chi connectivity index (χ4v) is 5.00. The largest absolute Gasteiger partial charge is 0.507 e. The third-order valence-corrected chi connectivity index (χ3v) is 7.40. The molecule has 0 radical (unpaired) electrons. The third kappa shape index (κ3) is 4.28. The second kappa shape index (κ2) is 9.41. The normalized spacial score (nSPS) is 17.5. The molecule has 1 fully saturated rings. The molecule has 6 nitrogen and oxygen atoms in total. The van der Waals surface area contributed by atoms with E-state index in [2.05, 4.69) is 15.9 Å². The molecule has 0 aliphatic carbocycles. The second-order valence-electron chi connectivity index (χ2n) is 7.60. The van der Waals surface area contributed by atoms with Gasteiger partial charge in [0.05, 0.1) is 25.8 Å². The van der Waals surface area contributed by atoms with Gasteiger partial charge in [-0.2, -0.15) is 0 Å². The van der Waals surface area contributed by atoms with Crippen molar-refractivity contribution in [2.75, 3.05) is 14.2 Å². The quantitative estimate of drug-likeness (QED) is 0.261. The van der Waals surface area contributed by atoms with Crippen molar-refractivity contribution in [3.05, 3.63) is 85.5 Å². The van der Waals surface area contributed by atoms with Crippen LogP contribution in [0.25, 0.3) is 5.76 Å². The van der Waals surface area contributed by atoms with Crippen LogP contribution in [0, 0.1) is 6.92 Å². The number of rotatable bonds is 6. The summed E-state index contributed by atoms with van der Waals surface area (Å²) in [5, 5.41) is 13.0. The average Bonchev–Trinajstić information content (AvgIpc) is 3.43. The number of ketones is 1. The summed E-state index contributed by atoms with van der Waals surface area (Å²) >= 11 is 4.88. The van der Waals surface area contributed by atoms with E-state index in [1.165, 1.54) is 16.2 Å². The van der Waals surface area contributed by atoms with Crippen LogP contribution in [-0.4, -0.2) is 35.9 Å². The van der Waals surface area contributed by atoms with E-state index in [-0.39, 0.29) is 17.9 Å². The van der Waals surface area contributed by atoms with E-state index in [1.807, 2.05) is 36.6 Å². The SMILES string of the molecule is COc1ccc(CN2C(=O)C(=O)/C(=C(\O)c3ccc(Br)c(C)c3)C2c2cccs2)cc1OC. The highest BCUT2D eigenvalue weighted by Crippen LogP contribution is 2.42. The number of likely N-dealkylation sites (tertiary alicyclic amines) is 1. The molecule has 2 aromatic carbocycles. The molecular weight excluding hydrogens is 506 g/mol. The van der Waals surface area contributed by atoms with Gasteiger partial charge in [-0.15, -0.1) is 11.3 Å². The Bertz CT molecular complexity index is 1250. The maximum Gasteiger partial charge on any atom is 0.295 e. The van der Waals surface area contributed by atoms with E-state index in [0.717, 1.165) is 20.5 Å². The number of aliphatic hydroxyl groups is 1. The zero-order valence-corrected chi connectivity index (χ0v) is 20.7. The fourth-order valence-electron chi connectivity index (χ4n) is 3.91. The van der Waals surface area contributed by atoms with E-state index in [0.29, 0.717) is 17.1 Å². The zero-order valence-electron chi connectivity index (χ0n) is 18.3. The zero-order chi connectivity index (χ0) is 23.7. The molecule has 1 aliphatic heterocycles. The maximum atomic E-state index is 13.1. The summed E-state index contributed by atoms with van der Waals surface area (Å²) in [5.41, 5.74) is 2.26. The molecule has 0 saturated carbocycles. The summed E-state index contributed by atoms with van der Waals surface area (Å²) in [7, 11) is 3.09. The molecule has 33 heavy (non-hydrogen) atoms. The lowest BCUT2D eigenvalue weighted by atomic mass is 9.99. The average molecular weight is 528 g/mol. The number of ether oxygens (including phenoxy) is 2. The Balaban J connectivity index is 1.81. The molecule has 170 valence electrons. The highest BCUT2D eigenvalue weighted by atomic mass is 79.9. The summed E-state index contributed by atoms with van der Waals surface area (Å²) in [6.45, 7) is 2.07. The van der Waals surface area contributed by atoms with Gasteiger partial charge in [0.15, 0.2) is 11.5 Å². The molecular formula is C25H22BrNO5S. The van der Waals surface area contributed by atoms with Gasteiger partial charge in [-0.05, 0) is 53.8 Å². The minimum absolute atomic E-state index is 0.0876. The maximum absolute atomic E-state index is 13.1. The van der Waals surface area contributed by atoms with Gasteiger partial charge in [-0.3, -0.25) is 9.59 Å². The lowest BCUT2D eigenvalue weighted by molar-refractivity contribution is -0.140. The van der Waals surface area contributed by atoms with Crippen LogP contribution in [0.4, 0.5) is 0 Å². The van der Waals surface area contributed by atoms with Crippen LogP contribution < -0.4 is 9.47 Å². The number of carbonyl (C=O) groups excluding carboxylic acids is 2. The number of carbonyl (C=O) groups is 2. The molecule has 3 aromatic rings. The molecule has 1 N–H and O–H groups in total. The van der Waals surface area contributed by atoms with Gasteiger partial charge in [0, 0.05) is 21.5 Å². The number of aliphatic hydroxyl groups excluding tert-OH is 1. The number of amides is 1. The van der Waals surface area contributed by atoms with Crippen molar-refractivity contribution in [3.63, 3.8) is 0 Å². The van der Waals surface area contributed by atoms with Crippen molar-refractivity contribution < 1.29 is 24.2 Å². The van der Waals surface area contributed by atoms with Crippen molar-refractivity contribution in [2.45, 2.75) is 19.5 Å². The van der Waals surface area contributed by atoms with Crippen molar-refractivity contribution in [1.82, 2.24) is 4.90 Å². The first-order valence-corrected chi connectivity index (χ1v) is 11.8. The number of benzene rings is 2. The molecule has 0 spiro atoms. The van der Waals surface area contributed by atoms with Crippen molar-refractivity contribution in [2.24, 2.45) is 0 Å². The number of Topliss-reactive ketones (excluding diaryl/α,β-unsaturated/α-hetero) is 1. The number of nitrogens with zero attached hydrogens (tertiary/aromatic N) is 1. The highest BCUT2D eigenvalue weighted by Gasteiger charge is 2.46. The van der Waals surface area contributed by atoms with Crippen LogP contribution in [0.3, 0.4) is 0 Å². The minimum atomic E-state index is -0.702. The number of aryl methyl sites for hydroxylation is 1.